The molecular weight excluding hydrogens is 374 g/mol. The molecule has 1 amide bonds. The Morgan fingerprint density at radius 2 is 1.86 bits per heavy atom. The summed E-state index contributed by atoms with van der Waals surface area (Å²) in [7, 11) is 0. The van der Waals surface area contributed by atoms with E-state index in [1.165, 1.54) is 6.92 Å². The third-order valence-corrected chi connectivity index (χ3v) is 4.63. The van der Waals surface area contributed by atoms with E-state index in [4.69, 9.17) is 14.3 Å². The summed E-state index contributed by atoms with van der Waals surface area (Å²) < 4.78 is 11.4. The summed E-state index contributed by atoms with van der Waals surface area (Å²) in [4.78, 5) is 36.6. The molecule has 0 saturated heterocycles. The minimum absolute atomic E-state index is 0.00733. The summed E-state index contributed by atoms with van der Waals surface area (Å²) in [5.74, 6) is -0.547. The number of ether oxygens (including phenoxy) is 1. The lowest BCUT2D eigenvalue weighted by molar-refractivity contribution is -0.137. The van der Waals surface area contributed by atoms with Crippen LogP contribution in [-0.2, 0) is 9.59 Å². The van der Waals surface area contributed by atoms with Crippen LogP contribution in [0.1, 0.15) is 56.7 Å². The van der Waals surface area contributed by atoms with Gasteiger partial charge in [0.1, 0.15) is 0 Å². The van der Waals surface area contributed by atoms with Crippen LogP contribution in [0.4, 0.5) is 0 Å². The first-order valence-corrected chi connectivity index (χ1v) is 9.68. The first kappa shape index (κ1) is 22.2. The lowest BCUT2D eigenvalue weighted by Gasteiger charge is -2.17. The van der Waals surface area contributed by atoms with Gasteiger partial charge < -0.3 is 19.2 Å². The average molecular weight is 401 g/mol. The Morgan fingerprint density at radius 3 is 2.45 bits per heavy atom. The summed E-state index contributed by atoms with van der Waals surface area (Å²) in [6, 6.07) is 5.18. The van der Waals surface area contributed by atoms with Gasteiger partial charge >= 0.3 is 5.97 Å². The van der Waals surface area contributed by atoms with Crippen LogP contribution < -0.4 is 4.74 Å². The van der Waals surface area contributed by atoms with Crippen LogP contribution in [0.3, 0.4) is 0 Å². The number of benzene rings is 1. The molecule has 0 atom stereocenters. The number of furan rings is 1. The highest BCUT2D eigenvalue weighted by atomic mass is 16.5. The maximum absolute atomic E-state index is 12.4. The number of likely N-dealkylation sites (N-methyl/N-ethyl adjacent to an activating group) is 1. The molecule has 0 spiro atoms. The Morgan fingerprint density at radius 1 is 1.17 bits per heavy atom. The van der Waals surface area contributed by atoms with Crippen molar-refractivity contribution < 1.29 is 28.6 Å². The standard InChI is InChI=1S/C22H27NO6/c1-5-23(6-2)20(25)12-14(3)16-9-10-18(28-11-7-8-21(26)27)22-17(16)13-19(29-22)15(4)24/h9-10,12-13H,5-8,11H2,1-4H3,(H,26,27). The van der Waals surface area contributed by atoms with Gasteiger partial charge in [0.15, 0.2) is 22.9 Å². The number of hydrogen-bond acceptors (Lipinski definition) is 5. The van der Waals surface area contributed by atoms with E-state index in [0.29, 0.717) is 36.2 Å². The van der Waals surface area contributed by atoms with Crippen molar-refractivity contribution in [1.82, 2.24) is 4.90 Å². The van der Waals surface area contributed by atoms with Gasteiger partial charge in [0.2, 0.25) is 5.91 Å². The van der Waals surface area contributed by atoms with Gasteiger partial charge in [-0.05, 0) is 50.5 Å². The third-order valence-electron chi connectivity index (χ3n) is 4.63. The number of aliphatic carboxylic acids is 1. The van der Waals surface area contributed by atoms with Crippen LogP contribution in [0.15, 0.2) is 28.7 Å². The molecule has 0 radical (unpaired) electrons. The molecule has 0 aliphatic rings. The normalized spacial score (nSPS) is 11.5. The zero-order valence-corrected chi connectivity index (χ0v) is 17.3. The Labute approximate surface area is 169 Å². The Balaban J connectivity index is 2.41. The van der Waals surface area contributed by atoms with Crippen LogP contribution in [0.25, 0.3) is 16.5 Å². The van der Waals surface area contributed by atoms with Crippen molar-refractivity contribution >= 4 is 34.2 Å². The molecule has 0 bridgehead atoms. The monoisotopic (exact) mass is 401 g/mol. The summed E-state index contributed by atoms with van der Waals surface area (Å²) in [5.41, 5.74) is 1.93. The van der Waals surface area contributed by atoms with Crippen molar-refractivity contribution in [3.8, 4) is 5.75 Å². The predicted molar refractivity (Wildman–Crippen MR) is 110 cm³/mol. The van der Waals surface area contributed by atoms with E-state index in [9.17, 15) is 14.4 Å². The molecule has 1 N–H and O–H groups in total. The SMILES string of the molecule is CCN(CC)C(=O)C=C(C)c1ccc(OCCCC(=O)O)c2oc(C(C)=O)cc12. The van der Waals surface area contributed by atoms with Crippen LogP contribution in [0.5, 0.6) is 5.75 Å². The van der Waals surface area contributed by atoms with E-state index < -0.39 is 5.97 Å². The smallest absolute Gasteiger partial charge is 0.303 e. The molecule has 2 rings (SSSR count). The third kappa shape index (κ3) is 5.47. The number of fused-ring (bicyclic) bond motifs is 1. The molecule has 1 heterocycles. The number of rotatable bonds is 10. The van der Waals surface area contributed by atoms with Gasteiger partial charge in [0.25, 0.3) is 0 Å². The molecule has 0 fully saturated rings. The maximum atomic E-state index is 12.4. The summed E-state index contributed by atoms with van der Waals surface area (Å²) in [6.45, 7) is 8.56. The first-order chi connectivity index (χ1) is 13.8. The van der Waals surface area contributed by atoms with E-state index in [0.717, 1.165) is 11.1 Å². The summed E-state index contributed by atoms with van der Waals surface area (Å²) >= 11 is 0. The van der Waals surface area contributed by atoms with Crippen LogP contribution >= 0.6 is 0 Å². The number of Topliss-reactive ketones (excluding diaryl/α,β-unsaturated/α-hetero) is 1. The largest absolute Gasteiger partial charge is 0.490 e. The van der Waals surface area contributed by atoms with Gasteiger partial charge in [-0.25, -0.2) is 0 Å². The number of carboxylic acid groups (broad SMARTS) is 1. The quantitative estimate of drug-likeness (QED) is 0.365. The highest BCUT2D eigenvalue weighted by Gasteiger charge is 2.17. The number of carboxylic acids is 1. The number of hydrogen-bond donors (Lipinski definition) is 1. The number of nitrogens with zero attached hydrogens (tertiary/aromatic N) is 1. The molecule has 7 heteroatoms. The molecule has 29 heavy (non-hydrogen) atoms. The van der Waals surface area contributed by atoms with Gasteiger partial charge in [-0.15, -0.1) is 0 Å². The molecule has 7 nitrogen and oxygen atoms in total. The second kappa shape index (κ2) is 9.91. The van der Waals surface area contributed by atoms with Gasteiger partial charge in [-0.3, -0.25) is 14.4 Å². The lowest BCUT2D eigenvalue weighted by Crippen LogP contribution is -2.28. The Bertz CT molecular complexity index is 936. The molecule has 156 valence electrons. The molecule has 1 aromatic heterocycles. The molecule has 0 aliphatic carbocycles. The number of amides is 1. The lowest BCUT2D eigenvalue weighted by atomic mass is 10.0. The number of carbonyl (C=O) groups excluding carboxylic acids is 2. The fraction of sp³-hybridized carbons (Fsp3) is 0.409. The fourth-order valence-electron chi connectivity index (χ4n) is 3.02. The molecule has 0 aliphatic heterocycles. The van der Waals surface area contributed by atoms with Crippen molar-refractivity contribution in [2.24, 2.45) is 0 Å². The van der Waals surface area contributed by atoms with Crippen molar-refractivity contribution in [3.63, 3.8) is 0 Å². The average Bonchev–Trinajstić information content (AvgIpc) is 3.11. The Hall–Kier alpha value is -3.09. The number of ketones is 1. The number of carbonyl (C=O) groups is 3. The first-order valence-electron chi connectivity index (χ1n) is 9.68. The molecule has 1 aromatic carbocycles. The van der Waals surface area contributed by atoms with Crippen molar-refractivity contribution in [2.75, 3.05) is 19.7 Å². The molecular formula is C22H27NO6. The minimum atomic E-state index is -0.885. The van der Waals surface area contributed by atoms with E-state index >= 15 is 0 Å². The maximum Gasteiger partial charge on any atom is 0.303 e. The zero-order valence-electron chi connectivity index (χ0n) is 17.3. The van der Waals surface area contributed by atoms with Gasteiger partial charge in [0, 0.05) is 37.9 Å². The molecule has 0 saturated carbocycles. The Kier molecular flexibility index (Phi) is 7.59. The molecule has 2 aromatic rings. The summed E-state index contributed by atoms with van der Waals surface area (Å²) in [6.07, 6.45) is 1.94. The van der Waals surface area contributed by atoms with Crippen molar-refractivity contribution in [2.45, 2.75) is 40.5 Å². The second-order valence-electron chi connectivity index (χ2n) is 6.70. The van der Waals surface area contributed by atoms with Crippen molar-refractivity contribution in [3.05, 3.63) is 35.6 Å². The minimum Gasteiger partial charge on any atom is -0.490 e. The number of allylic oxidation sites excluding steroid dienone is 1. The van der Waals surface area contributed by atoms with E-state index in [1.807, 2.05) is 26.8 Å². The topological polar surface area (TPSA) is 97.1 Å². The van der Waals surface area contributed by atoms with Crippen molar-refractivity contribution in [1.29, 1.82) is 0 Å². The van der Waals surface area contributed by atoms with Gasteiger partial charge in [-0.2, -0.15) is 0 Å². The zero-order chi connectivity index (χ0) is 21.6. The summed E-state index contributed by atoms with van der Waals surface area (Å²) in [5, 5.41) is 9.42. The fourth-order valence-corrected chi connectivity index (χ4v) is 3.02. The van der Waals surface area contributed by atoms with E-state index in [-0.39, 0.29) is 30.5 Å². The van der Waals surface area contributed by atoms with Gasteiger partial charge in [0.05, 0.1) is 6.61 Å². The predicted octanol–water partition coefficient (Wildman–Crippen LogP) is 4.15. The van der Waals surface area contributed by atoms with E-state index in [1.54, 1.807) is 23.1 Å². The van der Waals surface area contributed by atoms with Crippen LogP contribution in [-0.4, -0.2) is 47.4 Å². The highest BCUT2D eigenvalue weighted by Crippen LogP contribution is 2.35. The van der Waals surface area contributed by atoms with Gasteiger partial charge in [-0.1, -0.05) is 6.07 Å². The highest BCUT2D eigenvalue weighted by molar-refractivity contribution is 6.03. The second-order valence-corrected chi connectivity index (χ2v) is 6.70. The molecule has 0 unspecified atom stereocenters. The van der Waals surface area contributed by atoms with Crippen LogP contribution in [0.2, 0.25) is 0 Å². The van der Waals surface area contributed by atoms with Crippen LogP contribution in [0, 0.1) is 0 Å². The van der Waals surface area contributed by atoms with E-state index in [2.05, 4.69) is 0 Å².